The third-order valence-electron chi connectivity index (χ3n) is 3.21. The van der Waals surface area contributed by atoms with Gasteiger partial charge >= 0.3 is 0 Å². The minimum Gasteiger partial charge on any atom is -0.465 e. The van der Waals surface area contributed by atoms with Crippen molar-refractivity contribution in [2.45, 2.75) is 53.1 Å². The number of nitrogens with zero attached hydrogens (tertiary/aromatic N) is 1. The normalized spacial score (nSPS) is 11.4. The summed E-state index contributed by atoms with van der Waals surface area (Å²) in [6.45, 7) is 10.4. The van der Waals surface area contributed by atoms with Crippen molar-refractivity contribution in [1.29, 1.82) is 0 Å². The molecule has 0 saturated carbocycles. The molecule has 0 aliphatic heterocycles. The summed E-state index contributed by atoms with van der Waals surface area (Å²) in [5.74, 6) is 2.13. The number of furan rings is 1. The predicted octanol–water partition coefficient (Wildman–Crippen LogP) is 3.32. The number of rotatable bonds is 9. The fourth-order valence-corrected chi connectivity index (χ4v) is 2.08. The molecule has 18 heavy (non-hydrogen) atoms. The van der Waals surface area contributed by atoms with Crippen LogP contribution in [0.4, 0.5) is 0 Å². The first-order chi connectivity index (χ1) is 8.67. The van der Waals surface area contributed by atoms with Gasteiger partial charge in [0, 0.05) is 12.1 Å². The van der Waals surface area contributed by atoms with Crippen molar-refractivity contribution < 1.29 is 4.42 Å². The van der Waals surface area contributed by atoms with Gasteiger partial charge in [-0.25, -0.2) is 0 Å². The van der Waals surface area contributed by atoms with Gasteiger partial charge in [0.15, 0.2) is 0 Å². The Labute approximate surface area is 112 Å². The second kappa shape index (κ2) is 8.33. The Morgan fingerprint density at radius 3 is 2.72 bits per heavy atom. The molecule has 0 amide bonds. The maximum Gasteiger partial charge on any atom is 0.118 e. The zero-order chi connectivity index (χ0) is 13.4. The van der Waals surface area contributed by atoms with Crippen LogP contribution in [0.5, 0.6) is 0 Å². The highest BCUT2D eigenvalue weighted by atomic mass is 16.3. The number of aryl methyl sites for hydroxylation is 1. The van der Waals surface area contributed by atoms with Gasteiger partial charge in [-0.2, -0.15) is 0 Å². The lowest BCUT2D eigenvalue weighted by atomic mass is 10.2. The molecule has 1 N–H and O–H groups in total. The summed E-state index contributed by atoms with van der Waals surface area (Å²) >= 11 is 0. The second-order valence-electron chi connectivity index (χ2n) is 5.02. The van der Waals surface area contributed by atoms with E-state index in [-0.39, 0.29) is 0 Å². The van der Waals surface area contributed by atoms with Gasteiger partial charge in [-0.05, 0) is 39.5 Å². The van der Waals surface area contributed by atoms with E-state index in [1.54, 1.807) is 0 Å². The van der Waals surface area contributed by atoms with Crippen LogP contribution in [0.3, 0.4) is 0 Å². The Hall–Kier alpha value is -0.800. The van der Waals surface area contributed by atoms with Crippen LogP contribution >= 0.6 is 0 Å². The highest BCUT2D eigenvalue weighted by Gasteiger charge is 2.08. The third kappa shape index (κ3) is 5.23. The Balaban J connectivity index is 2.41. The zero-order valence-electron chi connectivity index (χ0n) is 12.4. The first-order valence-electron chi connectivity index (χ1n) is 7.14. The summed E-state index contributed by atoms with van der Waals surface area (Å²) in [4.78, 5) is 2.34. The predicted molar refractivity (Wildman–Crippen MR) is 76.7 cm³/mol. The Morgan fingerprint density at radius 2 is 2.06 bits per heavy atom. The molecule has 3 heteroatoms. The fourth-order valence-electron chi connectivity index (χ4n) is 2.08. The average molecular weight is 252 g/mol. The zero-order valence-corrected chi connectivity index (χ0v) is 12.4. The van der Waals surface area contributed by atoms with Crippen molar-refractivity contribution in [3.05, 3.63) is 23.2 Å². The monoisotopic (exact) mass is 252 g/mol. The molecule has 0 saturated heterocycles. The van der Waals surface area contributed by atoms with E-state index in [1.165, 1.54) is 24.8 Å². The number of unbranched alkanes of at least 4 members (excludes halogenated alkanes) is 2. The molecule has 0 aliphatic carbocycles. The molecule has 3 nitrogen and oxygen atoms in total. The molecular formula is C15H28N2O. The van der Waals surface area contributed by atoms with Crippen LogP contribution < -0.4 is 5.32 Å². The van der Waals surface area contributed by atoms with Crippen LogP contribution in [0.1, 0.15) is 50.2 Å². The van der Waals surface area contributed by atoms with Crippen molar-refractivity contribution in [3.63, 3.8) is 0 Å². The minimum absolute atomic E-state index is 0.908. The maximum atomic E-state index is 5.81. The van der Waals surface area contributed by atoms with Gasteiger partial charge in [-0.15, -0.1) is 0 Å². The molecule has 1 heterocycles. The van der Waals surface area contributed by atoms with E-state index in [9.17, 15) is 0 Å². The van der Waals surface area contributed by atoms with Crippen molar-refractivity contribution in [2.24, 2.45) is 0 Å². The van der Waals surface area contributed by atoms with E-state index < -0.39 is 0 Å². The Kier molecular flexibility index (Phi) is 7.06. The first-order valence-corrected chi connectivity index (χ1v) is 7.14. The van der Waals surface area contributed by atoms with Crippen molar-refractivity contribution in [2.75, 3.05) is 20.1 Å². The largest absolute Gasteiger partial charge is 0.465 e. The summed E-state index contributed by atoms with van der Waals surface area (Å²) in [7, 11) is 2.16. The van der Waals surface area contributed by atoms with Gasteiger partial charge in [0.1, 0.15) is 11.5 Å². The third-order valence-corrected chi connectivity index (χ3v) is 3.21. The van der Waals surface area contributed by atoms with Crippen LogP contribution in [0.15, 0.2) is 10.5 Å². The highest BCUT2D eigenvalue weighted by Crippen LogP contribution is 2.16. The van der Waals surface area contributed by atoms with E-state index in [0.717, 1.165) is 37.7 Å². The summed E-state index contributed by atoms with van der Waals surface area (Å²) in [6.07, 6.45) is 3.87. The van der Waals surface area contributed by atoms with Gasteiger partial charge in [0.2, 0.25) is 0 Å². The number of hydrogen-bond acceptors (Lipinski definition) is 3. The molecule has 0 atom stereocenters. The molecular weight excluding hydrogens is 224 g/mol. The Bertz CT molecular complexity index is 333. The van der Waals surface area contributed by atoms with E-state index in [1.807, 2.05) is 6.92 Å². The van der Waals surface area contributed by atoms with Gasteiger partial charge in [0.05, 0.1) is 6.54 Å². The lowest BCUT2D eigenvalue weighted by Gasteiger charge is -2.14. The van der Waals surface area contributed by atoms with Crippen LogP contribution in [0.25, 0.3) is 0 Å². The molecule has 1 aromatic rings. The summed E-state index contributed by atoms with van der Waals surface area (Å²) < 4.78 is 5.81. The number of hydrogen-bond donors (Lipinski definition) is 1. The molecule has 1 aromatic heterocycles. The van der Waals surface area contributed by atoms with Gasteiger partial charge in [-0.1, -0.05) is 26.7 Å². The van der Waals surface area contributed by atoms with E-state index >= 15 is 0 Å². The molecule has 0 radical (unpaired) electrons. The lowest BCUT2D eigenvalue weighted by molar-refractivity contribution is 0.286. The SMILES string of the molecule is CCCCCN(C)Cc1cc(CNCC)c(C)o1. The molecule has 104 valence electrons. The van der Waals surface area contributed by atoms with E-state index in [0.29, 0.717) is 0 Å². The summed E-state index contributed by atoms with van der Waals surface area (Å²) in [5.41, 5.74) is 1.29. The van der Waals surface area contributed by atoms with Crippen LogP contribution in [0, 0.1) is 6.92 Å². The molecule has 1 rings (SSSR count). The van der Waals surface area contributed by atoms with Crippen LogP contribution in [0.2, 0.25) is 0 Å². The highest BCUT2D eigenvalue weighted by molar-refractivity contribution is 5.20. The first kappa shape index (κ1) is 15.3. The quantitative estimate of drug-likeness (QED) is 0.683. The molecule has 0 bridgehead atoms. The number of nitrogens with one attached hydrogen (secondary N) is 1. The summed E-state index contributed by atoms with van der Waals surface area (Å²) in [6, 6.07) is 2.19. The van der Waals surface area contributed by atoms with Crippen LogP contribution in [-0.2, 0) is 13.1 Å². The molecule has 0 spiro atoms. The Morgan fingerprint density at radius 1 is 1.28 bits per heavy atom. The van der Waals surface area contributed by atoms with E-state index in [4.69, 9.17) is 4.42 Å². The molecule has 0 unspecified atom stereocenters. The lowest BCUT2D eigenvalue weighted by Crippen LogP contribution is -2.18. The van der Waals surface area contributed by atoms with Gasteiger partial charge in [-0.3, -0.25) is 4.90 Å². The smallest absolute Gasteiger partial charge is 0.118 e. The molecule has 0 fully saturated rings. The topological polar surface area (TPSA) is 28.4 Å². The average Bonchev–Trinajstić information content (AvgIpc) is 2.67. The standard InChI is InChI=1S/C15H28N2O/c1-5-7-8-9-17(4)12-15-10-14(11-16-6-2)13(3)18-15/h10,16H,5-9,11-12H2,1-4H3. The van der Waals surface area contributed by atoms with Crippen molar-refractivity contribution in [3.8, 4) is 0 Å². The fraction of sp³-hybridized carbons (Fsp3) is 0.733. The van der Waals surface area contributed by atoms with E-state index in [2.05, 4.69) is 37.2 Å². The van der Waals surface area contributed by atoms with Gasteiger partial charge < -0.3 is 9.73 Å². The van der Waals surface area contributed by atoms with Gasteiger partial charge in [0.25, 0.3) is 0 Å². The summed E-state index contributed by atoms with van der Waals surface area (Å²) in [5, 5.41) is 3.34. The molecule has 0 aliphatic rings. The second-order valence-corrected chi connectivity index (χ2v) is 5.02. The van der Waals surface area contributed by atoms with Crippen molar-refractivity contribution in [1.82, 2.24) is 10.2 Å². The van der Waals surface area contributed by atoms with Crippen molar-refractivity contribution >= 4 is 0 Å². The minimum atomic E-state index is 0.908. The maximum absolute atomic E-state index is 5.81. The van der Waals surface area contributed by atoms with Crippen LogP contribution in [-0.4, -0.2) is 25.0 Å². The molecule has 0 aromatic carbocycles.